The maximum atomic E-state index is 12.6. The van der Waals surface area contributed by atoms with E-state index in [1.807, 2.05) is 0 Å². The lowest BCUT2D eigenvalue weighted by Crippen LogP contribution is -2.66. The van der Waals surface area contributed by atoms with Gasteiger partial charge in [0.25, 0.3) is 0 Å². The summed E-state index contributed by atoms with van der Waals surface area (Å²) >= 11 is 0. The molecule has 0 aromatic carbocycles. The van der Waals surface area contributed by atoms with Gasteiger partial charge in [-0.15, -0.1) is 0 Å². The van der Waals surface area contributed by atoms with Crippen molar-refractivity contribution in [1.29, 1.82) is 0 Å². The largest absolute Gasteiger partial charge is 0.478 e. The highest BCUT2D eigenvalue weighted by atomic mass is 19.3. The molecule has 0 spiro atoms. The molecule has 4 N–H and O–H groups in total. The molecule has 0 fully saturated rings. The summed E-state index contributed by atoms with van der Waals surface area (Å²) in [4.78, 5) is 10.2. The molecule has 11 heavy (non-hydrogen) atoms. The van der Waals surface area contributed by atoms with Gasteiger partial charge in [0, 0.05) is 5.57 Å². The Morgan fingerprint density at radius 3 is 2.55 bits per heavy atom. The molecular weight excluding hydrogens is 156 g/mol. The van der Waals surface area contributed by atoms with Gasteiger partial charge in [-0.2, -0.15) is 8.78 Å². The molecule has 0 saturated carbocycles. The molecule has 1 rings (SSSR count). The van der Waals surface area contributed by atoms with Gasteiger partial charge in [0.2, 0.25) is 0 Å². The minimum atomic E-state index is -2.98. The summed E-state index contributed by atoms with van der Waals surface area (Å²) in [6.45, 7) is 0. The van der Waals surface area contributed by atoms with E-state index in [0.717, 1.165) is 6.08 Å². The lowest BCUT2D eigenvalue weighted by atomic mass is 10.2. The number of rotatable bonds is 1. The van der Waals surface area contributed by atoms with Crippen LogP contribution >= 0.6 is 0 Å². The second kappa shape index (κ2) is 2.27. The Labute approximate surface area is 61.5 Å². The molecule has 0 aliphatic heterocycles. The summed E-state index contributed by atoms with van der Waals surface area (Å²) in [5.74, 6) is -4.26. The summed E-state index contributed by atoms with van der Waals surface area (Å²) in [5, 5.41) is 8.33. The van der Waals surface area contributed by atoms with Crippen LogP contribution in [-0.4, -0.2) is 23.0 Å². The molecule has 1 atom stereocenters. The molecule has 0 bridgehead atoms. The number of hydrogen-bond donors (Lipinski definition) is 2. The first-order valence-corrected chi connectivity index (χ1v) is 3.08. The first kappa shape index (κ1) is 8.13. The monoisotopic (exact) mass is 164 g/mol. The van der Waals surface area contributed by atoms with E-state index in [9.17, 15) is 13.6 Å². The Hall–Kier alpha value is -0.970. The van der Waals surface area contributed by atoms with Gasteiger partial charge in [0.05, 0.1) is 6.42 Å². The third kappa shape index (κ3) is 1.37. The zero-order chi connectivity index (χ0) is 8.65. The SMILES string of the molecule is [NH3+][C@H]1C=C(C(=O)O)CC1(F)F. The highest BCUT2D eigenvalue weighted by Gasteiger charge is 2.46. The van der Waals surface area contributed by atoms with Crippen molar-refractivity contribution in [2.45, 2.75) is 18.4 Å². The van der Waals surface area contributed by atoms with Crippen LogP contribution in [-0.2, 0) is 4.79 Å². The van der Waals surface area contributed by atoms with Crippen LogP contribution in [0.25, 0.3) is 0 Å². The summed E-state index contributed by atoms with van der Waals surface area (Å²) in [7, 11) is 0. The lowest BCUT2D eigenvalue weighted by molar-refractivity contribution is -0.440. The van der Waals surface area contributed by atoms with E-state index < -0.39 is 24.4 Å². The van der Waals surface area contributed by atoms with Gasteiger partial charge in [-0.3, -0.25) is 0 Å². The molecule has 0 amide bonds. The van der Waals surface area contributed by atoms with E-state index in [1.165, 1.54) is 0 Å². The zero-order valence-electron chi connectivity index (χ0n) is 5.68. The Morgan fingerprint density at radius 2 is 2.36 bits per heavy atom. The Morgan fingerprint density at radius 1 is 1.82 bits per heavy atom. The number of quaternary nitrogens is 1. The molecule has 62 valence electrons. The summed E-state index contributed by atoms with van der Waals surface area (Å²) in [5.41, 5.74) is 2.89. The molecule has 0 heterocycles. The van der Waals surface area contributed by atoms with Gasteiger partial charge in [-0.05, 0) is 6.08 Å². The predicted octanol–water partition coefficient (Wildman–Crippen LogP) is -0.353. The summed E-state index contributed by atoms with van der Waals surface area (Å²) in [6.07, 6.45) is 0.304. The second-order valence-electron chi connectivity index (χ2n) is 2.54. The number of halogens is 2. The van der Waals surface area contributed by atoms with Crippen molar-refractivity contribution in [2.75, 3.05) is 0 Å². The van der Waals surface area contributed by atoms with Crippen LogP contribution in [0.15, 0.2) is 11.6 Å². The van der Waals surface area contributed by atoms with Gasteiger partial charge in [0.15, 0.2) is 6.04 Å². The first-order chi connectivity index (χ1) is 4.93. The molecule has 3 nitrogen and oxygen atoms in total. The predicted molar refractivity (Wildman–Crippen MR) is 32.0 cm³/mol. The van der Waals surface area contributed by atoms with Crippen molar-refractivity contribution in [2.24, 2.45) is 0 Å². The van der Waals surface area contributed by atoms with Crippen LogP contribution in [0.4, 0.5) is 8.78 Å². The van der Waals surface area contributed by atoms with E-state index in [2.05, 4.69) is 5.73 Å². The van der Waals surface area contributed by atoms with E-state index in [0.29, 0.717) is 0 Å². The van der Waals surface area contributed by atoms with Crippen LogP contribution < -0.4 is 5.73 Å². The summed E-state index contributed by atoms with van der Waals surface area (Å²) < 4.78 is 25.1. The fourth-order valence-electron chi connectivity index (χ4n) is 0.956. The van der Waals surface area contributed by atoms with Crippen LogP contribution in [0, 0.1) is 0 Å². The van der Waals surface area contributed by atoms with Gasteiger partial charge in [-0.1, -0.05) is 0 Å². The smallest absolute Gasteiger partial charge is 0.331 e. The fraction of sp³-hybridized carbons (Fsp3) is 0.500. The third-order valence-electron chi connectivity index (χ3n) is 1.65. The molecule has 1 aliphatic carbocycles. The average Bonchev–Trinajstić information content (AvgIpc) is 2.08. The van der Waals surface area contributed by atoms with Crippen molar-refractivity contribution in [3.05, 3.63) is 11.6 Å². The number of carboxylic acid groups (broad SMARTS) is 1. The van der Waals surface area contributed by atoms with Gasteiger partial charge >= 0.3 is 11.9 Å². The van der Waals surface area contributed by atoms with Crippen LogP contribution in [0.5, 0.6) is 0 Å². The van der Waals surface area contributed by atoms with Crippen molar-refractivity contribution in [1.82, 2.24) is 0 Å². The zero-order valence-corrected chi connectivity index (χ0v) is 5.68. The Bertz CT molecular complexity index is 225. The molecule has 0 radical (unpaired) electrons. The fourth-order valence-corrected chi connectivity index (χ4v) is 0.956. The first-order valence-electron chi connectivity index (χ1n) is 3.08. The molecule has 5 heteroatoms. The number of carboxylic acids is 1. The van der Waals surface area contributed by atoms with E-state index in [-0.39, 0.29) is 5.57 Å². The highest BCUT2D eigenvalue weighted by molar-refractivity contribution is 5.87. The third-order valence-corrected chi connectivity index (χ3v) is 1.65. The Balaban J connectivity index is 2.79. The topological polar surface area (TPSA) is 64.9 Å². The van der Waals surface area contributed by atoms with Crippen LogP contribution in [0.3, 0.4) is 0 Å². The lowest BCUT2D eigenvalue weighted by Gasteiger charge is -2.09. The molecule has 0 aromatic heterocycles. The minimum Gasteiger partial charge on any atom is -0.478 e. The van der Waals surface area contributed by atoms with Gasteiger partial charge in [0.1, 0.15) is 0 Å². The minimum absolute atomic E-state index is 0.241. The quantitative estimate of drug-likeness (QED) is 0.556. The molecule has 1 aliphatic rings. The van der Waals surface area contributed by atoms with Gasteiger partial charge in [-0.25, -0.2) is 4.79 Å². The highest BCUT2D eigenvalue weighted by Crippen LogP contribution is 2.32. The van der Waals surface area contributed by atoms with E-state index >= 15 is 0 Å². The molecular formula is C6H8F2NO2+. The molecule has 0 saturated heterocycles. The maximum absolute atomic E-state index is 12.6. The van der Waals surface area contributed by atoms with E-state index in [1.54, 1.807) is 0 Å². The number of alkyl halides is 2. The number of aliphatic carboxylic acids is 1. The summed E-state index contributed by atoms with van der Waals surface area (Å²) in [6, 6.07) is -1.20. The molecule has 0 aromatic rings. The van der Waals surface area contributed by atoms with Crippen LogP contribution in [0.1, 0.15) is 6.42 Å². The van der Waals surface area contributed by atoms with Crippen molar-refractivity contribution < 1.29 is 24.4 Å². The van der Waals surface area contributed by atoms with Crippen LogP contribution in [0.2, 0.25) is 0 Å². The van der Waals surface area contributed by atoms with Crippen molar-refractivity contribution in [3.8, 4) is 0 Å². The van der Waals surface area contributed by atoms with Crippen molar-refractivity contribution >= 4 is 5.97 Å². The van der Waals surface area contributed by atoms with Crippen molar-refractivity contribution in [3.63, 3.8) is 0 Å². The second-order valence-corrected chi connectivity index (χ2v) is 2.54. The maximum Gasteiger partial charge on any atom is 0.331 e. The number of carbonyl (C=O) groups is 1. The van der Waals surface area contributed by atoms with E-state index in [4.69, 9.17) is 5.11 Å². The normalized spacial score (nSPS) is 28.3. The molecule has 0 unspecified atom stereocenters. The Kier molecular flexibility index (Phi) is 1.67. The average molecular weight is 164 g/mol. The standard InChI is InChI=1S/C6H7F2NO2/c7-6(8)2-3(5(10)11)1-4(6)9/h1,4H,2,9H2,(H,10,11)/p+1/t4-/m0/s1. The number of hydrogen-bond acceptors (Lipinski definition) is 1. The van der Waals surface area contributed by atoms with Gasteiger partial charge < -0.3 is 10.8 Å².